The molecule has 0 fully saturated rings. The van der Waals surface area contributed by atoms with Gasteiger partial charge in [0, 0.05) is 11.2 Å². The average molecular weight is 278 g/mol. The first kappa shape index (κ1) is 15.4. The van der Waals surface area contributed by atoms with Gasteiger partial charge in [0.1, 0.15) is 0 Å². The Morgan fingerprint density at radius 2 is 1.78 bits per heavy atom. The van der Waals surface area contributed by atoms with Crippen molar-refractivity contribution in [3.8, 4) is 0 Å². The van der Waals surface area contributed by atoms with Crippen LogP contribution >= 0.6 is 11.8 Å². The van der Waals surface area contributed by atoms with Gasteiger partial charge in [0.15, 0.2) is 0 Å². The molecule has 18 heavy (non-hydrogen) atoms. The zero-order valence-electron chi connectivity index (χ0n) is 10.2. The van der Waals surface area contributed by atoms with Crippen molar-refractivity contribution >= 4 is 11.8 Å². The van der Waals surface area contributed by atoms with Gasteiger partial charge in [-0.05, 0) is 18.4 Å². The molecule has 102 valence electrons. The number of aliphatic hydroxyl groups is 1. The highest BCUT2D eigenvalue weighted by Crippen LogP contribution is 2.37. The monoisotopic (exact) mass is 278 g/mol. The molecule has 1 nitrogen and oxygen atoms in total. The smallest absolute Gasteiger partial charge is 0.395 e. The number of aliphatic hydroxyl groups excluding tert-OH is 1. The molecule has 0 radical (unpaired) electrons. The number of hydrogen-bond acceptors (Lipinski definition) is 2. The predicted octanol–water partition coefficient (Wildman–Crippen LogP) is 3.97. The number of thioether (sulfide) groups is 1. The van der Waals surface area contributed by atoms with Crippen LogP contribution in [0.5, 0.6) is 0 Å². The zero-order valence-corrected chi connectivity index (χ0v) is 11.0. The summed E-state index contributed by atoms with van der Waals surface area (Å²) >= 11 is -0.0253. The minimum absolute atomic E-state index is 0.0253. The summed E-state index contributed by atoms with van der Waals surface area (Å²) in [7, 11) is 0. The molecule has 0 aliphatic rings. The maximum absolute atomic E-state index is 12.1. The molecular weight excluding hydrogens is 261 g/mol. The first-order valence-corrected chi connectivity index (χ1v) is 6.79. The average Bonchev–Trinajstić information content (AvgIpc) is 2.35. The van der Waals surface area contributed by atoms with E-state index in [1.54, 1.807) is 0 Å². The van der Waals surface area contributed by atoms with Gasteiger partial charge < -0.3 is 5.11 Å². The van der Waals surface area contributed by atoms with E-state index >= 15 is 0 Å². The van der Waals surface area contributed by atoms with Crippen molar-refractivity contribution in [3.05, 3.63) is 35.9 Å². The van der Waals surface area contributed by atoms with Gasteiger partial charge in [-0.3, -0.25) is 0 Å². The summed E-state index contributed by atoms with van der Waals surface area (Å²) in [6, 6.07) is 9.25. The molecule has 0 saturated carbocycles. The molecule has 1 aromatic carbocycles. The normalized spacial score (nSPS) is 15.4. The van der Waals surface area contributed by atoms with Crippen LogP contribution < -0.4 is 0 Å². The van der Waals surface area contributed by atoms with E-state index in [-0.39, 0.29) is 24.1 Å². The molecule has 0 aromatic heterocycles. The zero-order chi connectivity index (χ0) is 13.6. The van der Waals surface area contributed by atoms with Crippen molar-refractivity contribution < 1.29 is 18.3 Å². The van der Waals surface area contributed by atoms with Crippen LogP contribution in [0.25, 0.3) is 0 Å². The first-order valence-electron chi connectivity index (χ1n) is 5.80. The van der Waals surface area contributed by atoms with E-state index in [9.17, 15) is 18.3 Å². The third kappa shape index (κ3) is 4.21. The van der Waals surface area contributed by atoms with Crippen molar-refractivity contribution in [3.63, 3.8) is 0 Å². The fourth-order valence-electron chi connectivity index (χ4n) is 1.96. The number of rotatable bonds is 6. The van der Waals surface area contributed by atoms with E-state index in [0.717, 1.165) is 5.56 Å². The molecule has 1 atom stereocenters. The second-order valence-corrected chi connectivity index (χ2v) is 5.36. The second-order valence-electron chi connectivity index (χ2n) is 4.20. The molecule has 5 heteroatoms. The summed E-state index contributed by atoms with van der Waals surface area (Å²) in [6.07, 6.45) is 0.931. The van der Waals surface area contributed by atoms with Crippen LogP contribution in [0.2, 0.25) is 0 Å². The third-order valence-corrected chi connectivity index (χ3v) is 3.95. The van der Waals surface area contributed by atoms with Crippen LogP contribution in [0.4, 0.5) is 13.2 Å². The molecular formula is C13H17F3OS. The van der Waals surface area contributed by atoms with Crippen molar-refractivity contribution in [2.45, 2.75) is 30.7 Å². The topological polar surface area (TPSA) is 20.2 Å². The van der Waals surface area contributed by atoms with Crippen LogP contribution in [-0.4, -0.2) is 23.0 Å². The molecule has 0 saturated heterocycles. The molecule has 0 aliphatic carbocycles. The Morgan fingerprint density at radius 1 is 1.17 bits per heavy atom. The lowest BCUT2D eigenvalue weighted by atomic mass is 9.76. The van der Waals surface area contributed by atoms with Gasteiger partial charge in [-0.1, -0.05) is 49.0 Å². The minimum atomic E-state index is -4.20. The summed E-state index contributed by atoms with van der Waals surface area (Å²) in [5.41, 5.74) is -3.87. The van der Waals surface area contributed by atoms with Crippen molar-refractivity contribution in [1.82, 2.24) is 0 Å². The van der Waals surface area contributed by atoms with Crippen molar-refractivity contribution in [2.75, 3.05) is 12.4 Å². The molecule has 1 N–H and O–H groups in total. The third-order valence-electron chi connectivity index (χ3n) is 3.21. The van der Waals surface area contributed by atoms with E-state index in [0.29, 0.717) is 12.8 Å². The maximum atomic E-state index is 12.1. The van der Waals surface area contributed by atoms with Crippen molar-refractivity contribution in [1.29, 1.82) is 0 Å². The number of benzene rings is 1. The predicted molar refractivity (Wildman–Crippen MR) is 68.6 cm³/mol. The summed E-state index contributed by atoms with van der Waals surface area (Å²) in [5.74, 6) is -0.0349. The molecule has 0 bridgehead atoms. The highest BCUT2D eigenvalue weighted by molar-refractivity contribution is 8.00. The molecule has 1 rings (SSSR count). The molecule has 0 spiro atoms. The molecule has 0 amide bonds. The fraction of sp³-hybridized carbons (Fsp3) is 0.538. The summed E-state index contributed by atoms with van der Waals surface area (Å²) < 4.78 is 36.4. The highest BCUT2D eigenvalue weighted by atomic mass is 32.2. The van der Waals surface area contributed by atoms with Gasteiger partial charge in [-0.25, -0.2) is 0 Å². The Labute approximate surface area is 109 Å². The maximum Gasteiger partial charge on any atom is 0.441 e. The van der Waals surface area contributed by atoms with Crippen LogP contribution in [-0.2, 0) is 5.41 Å². The minimum Gasteiger partial charge on any atom is -0.395 e. The lowest BCUT2D eigenvalue weighted by Crippen LogP contribution is -2.31. The van der Waals surface area contributed by atoms with Gasteiger partial charge in [-0.15, -0.1) is 0 Å². The molecule has 0 heterocycles. The molecule has 0 aliphatic heterocycles. The fourth-order valence-corrected chi connectivity index (χ4v) is 2.69. The SMILES string of the molecule is CCC(CO)(CCSC(F)(F)F)c1ccccc1. The van der Waals surface area contributed by atoms with Gasteiger partial charge in [-0.2, -0.15) is 13.2 Å². The molecule has 1 unspecified atom stereocenters. The Bertz CT molecular complexity index is 347. The Balaban J connectivity index is 2.76. The highest BCUT2D eigenvalue weighted by Gasteiger charge is 2.33. The Hall–Kier alpha value is -0.680. The number of halogens is 3. The van der Waals surface area contributed by atoms with E-state index in [4.69, 9.17) is 0 Å². The largest absolute Gasteiger partial charge is 0.441 e. The Kier molecular flexibility index (Phi) is 5.53. The summed E-state index contributed by atoms with van der Waals surface area (Å²) in [5, 5.41) is 9.57. The summed E-state index contributed by atoms with van der Waals surface area (Å²) in [6.45, 7) is 1.76. The lowest BCUT2D eigenvalue weighted by molar-refractivity contribution is -0.0329. The number of alkyl halides is 3. The quantitative estimate of drug-likeness (QED) is 0.849. The number of hydrogen-bond donors (Lipinski definition) is 1. The van der Waals surface area contributed by atoms with Crippen LogP contribution in [0.1, 0.15) is 25.3 Å². The van der Waals surface area contributed by atoms with Gasteiger partial charge in [0.05, 0.1) is 6.61 Å². The lowest BCUT2D eigenvalue weighted by Gasteiger charge is -2.31. The van der Waals surface area contributed by atoms with Gasteiger partial charge >= 0.3 is 5.51 Å². The van der Waals surface area contributed by atoms with E-state index in [2.05, 4.69) is 0 Å². The van der Waals surface area contributed by atoms with Crippen LogP contribution in [0.3, 0.4) is 0 Å². The van der Waals surface area contributed by atoms with E-state index in [1.807, 2.05) is 37.3 Å². The standard InChI is InChI=1S/C13H17F3OS/c1-2-12(10-17,8-9-18-13(14,15)16)11-6-4-3-5-7-11/h3-7,17H,2,8-10H2,1H3. The first-order chi connectivity index (χ1) is 8.43. The summed E-state index contributed by atoms with van der Waals surface area (Å²) in [4.78, 5) is 0. The van der Waals surface area contributed by atoms with E-state index in [1.165, 1.54) is 0 Å². The Morgan fingerprint density at radius 3 is 2.22 bits per heavy atom. The van der Waals surface area contributed by atoms with Crippen LogP contribution in [0.15, 0.2) is 30.3 Å². The molecule has 1 aromatic rings. The van der Waals surface area contributed by atoms with Crippen molar-refractivity contribution in [2.24, 2.45) is 0 Å². The second kappa shape index (κ2) is 6.48. The van der Waals surface area contributed by atoms with Crippen LogP contribution in [0, 0.1) is 0 Å². The van der Waals surface area contributed by atoms with E-state index < -0.39 is 10.9 Å². The van der Waals surface area contributed by atoms with Gasteiger partial charge in [0.25, 0.3) is 0 Å². The van der Waals surface area contributed by atoms with Gasteiger partial charge in [0.2, 0.25) is 0 Å².